The van der Waals surface area contributed by atoms with Gasteiger partial charge in [-0.15, -0.1) is 0 Å². The molecule has 0 amide bonds. The molecule has 0 radical (unpaired) electrons. The molecule has 1 aliphatic heterocycles. The van der Waals surface area contributed by atoms with E-state index in [0.29, 0.717) is 6.04 Å². The molecule has 20 heavy (non-hydrogen) atoms. The highest BCUT2D eigenvalue weighted by Crippen LogP contribution is 2.18. The number of aryl methyl sites for hydroxylation is 1. The molecular formula is C16H27N3O. The van der Waals surface area contributed by atoms with Crippen molar-refractivity contribution in [2.24, 2.45) is 0 Å². The first-order valence-corrected chi connectivity index (χ1v) is 7.70. The van der Waals surface area contributed by atoms with Crippen LogP contribution < -0.4 is 10.1 Å². The lowest BCUT2D eigenvalue weighted by atomic mass is 10.0. The predicted octanol–water partition coefficient (Wildman–Crippen LogP) is 2.23. The fraction of sp³-hybridized carbons (Fsp3) is 0.688. The number of pyridine rings is 1. The van der Waals surface area contributed by atoms with Crippen molar-refractivity contribution < 1.29 is 4.74 Å². The minimum absolute atomic E-state index is 0.531. The number of nitrogens with zero attached hydrogens (tertiary/aromatic N) is 2. The van der Waals surface area contributed by atoms with E-state index in [1.54, 1.807) is 0 Å². The Morgan fingerprint density at radius 2 is 2.25 bits per heavy atom. The maximum absolute atomic E-state index is 5.96. The Bertz CT molecular complexity index is 422. The van der Waals surface area contributed by atoms with E-state index >= 15 is 0 Å². The van der Waals surface area contributed by atoms with Gasteiger partial charge in [-0.1, -0.05) is 13.3 Å². The number of aromatic nitrogens is 1. The molecule has 0 aliphatic carbocycles. The number of hydrogen-bond acceptors (Lipinski definition) is 4. The summed E-state index contributed by atoms with van der Waals surface area (Å²) < 4.78 is 5.96. The first-order valence-electron chi connectivity index (χ1n) is 7.70. The summed E-state index contributed by atoms with van der Waals surface area (Å²) in [6.07, 6.45) is 4.79. The molecule has 1 saturated heterocycles. The summed E-state index contributed by atoms with van der Waals surface area (Å²) in [6.45, 7) is 4.91. The van der Waals surface area contributed by atoms with E-state index in [4.69, 9.17) is 4.74 Å². The number of likely N-dealkylation sites (tertiary alicyclic amines) is 1. The predicted molar refractivity (Wildman–Crippen MR) is 82.1 cm³/mol. The third kappa shape index (κ3) is 4.18. The van der Waals surface area contributed by atoms with Gasteiger partial charge >= 0.3 is 0 Å². The molecule has 2 rings (SSSR count). The molecule has 0 bridgehead atoms. The zero-order valence-corrected chi connectivity index (χ0v) is 13.0. The van der Waals surface area contributed by atoms with E-state index in [0.717, 1.165) is 31.1 Å². The van der Waals surface area contributed by atoms with Crippen molar-refractivity contribution in [3.05, 3.63) is 23.4 Å². The Morgan fingerprint density at radius 3 is 2.95 bits per heavy atom. The first kappa shape index (κ1) is 15.3. The van der Waals surface area contributed by atoms with Crippen LogP contribution in [0.25, 0.3) is 0 Å². The average molecular weight is 277 g/mol. The largest absolute Gasteiger partial charge is 0.476 e. The molecule has 1 aromatic heterocycles. The highest BCUT2D eigenvalue weighted by Gasteiger charge is 2.19. The van der Waals surface area contributed by atoms with Gasteiger partial charge in [-0.25, -0.2) is 4.98 Å². The molecular weight excluding hydrogens is 250 g/mol. The van der Waals surface area contributed by atoms with E-state index in [2.05, 4.69) is 41.3 Å². The van der Waals surface area contributed by atoms with Gasteiger partial charge in [-0.05, 0) is 51.5 Å². The second-order valence-electron chi connectivity index (χ2n) is 5.63. The van der Waals surface area contributed by atoms with Crippen LogP contribution >= 0.6 is 0 Å². The van der Waals surface area contributed by atoms with Crippen LogP contribution in [0.2, 0.25) is 0 Å². The third-order valence-corrected chi connectivity index (χ3v) is 4.00. The fourth-order valence-electron chi connectivity index (χ4n) is 2.72. The van der Waals surface area contributed by atoms with E-state index in [9.17, 15) is 0 Å². The lowest BCUT2D eigenvalue weighted by Gasteiger charge is -2.32. The molecule has 0 spiro atoms. The molecule has 1 fully saturated rings. The topological polar surface area (TPSA) is 37.4 Å². The van der Waals surface area contributed by atoms with Crippen molar-refractivity contribution in [2.75, 3.05) is 27.2 Å². The zero-order valence-electron chi connectivity index (χ0n) is 13.0. The smallest absolute Gasteiger partial charge is 0.213 e. The van der Waals surface area contributed by atoms with Crippen molar-refractivity contribution in [3.63, 3.8) is 0 Å². The second-order valence-corrected chi connectivity index (χ2v) is 5.63. The minimum atomic E-state index is 0.531. The van der Waals surface area contributed by atoms with Gasteiger partial charge in [0.25, 0.3) is 0 Å². The summed E-state index contributed by atoms with van der Waals surface area (Å²) in [5.74, 6) is 0.772. The van der Waals surface area contributed by atoms with Gasteiger partial charge in [0.05, 0.1) is 0 Å². The fourth-order valence-corrected chi connectivity index (χ4v) is 2.72. The Kier molecular flexibility index (Phi) is 5.80. The quantitative estimate of drug-likeness (QED) is 0.865. The number of hydrogen-bond donors (Lipinski definition) is 1. The SMILES string of the molecule is CCc1cc(CNC)cc(OCC2CCCCN2C)n1. The molecule has 4 nitrogen and oxygen atoms in total. The van der Waals surface area contributed by atoms with E-state index in [1.807, 2.05) is 7.05 Å². The third-order valence-electron chi connectivity index (χ3n) is 4.00. The highest BCUT2D eigenvalue weighted by molar-refractivity contribution is 5.25. The average Bonchev–Trinajstić information content (AvgIpc) is 2.46. The molecule has 1 N–H and O–H groups in total. The molecule has 1 aliphatic rings. The number of rotatable bonds is 6. The molecule has 1 aromatic rings. The second kappa shape index (κ2) is 7.60. The summed E-state index contributed by atoms with van der Waals surface area (Å²) in [4.78, 5) is 6.98. The Balaban J connectivity index is 1.98. The van der Waals surface area contributed by atoms with Crippen LogP contribution in [0, 0.1) is 0 Å². The van der Waals surface area contributed by atoms with E-state index in [-0.39, 0.29) is 0 Å². The van der Waals surface area contributed by atoms with Crippen LogP contribution in [-0.2, 0) is 13.0 Å². The number of likely N-dealkylation sites (N-methyl/N-ethyl adjacent to an activating group) is 1. The molecule has 112 valence electrons. The molecule has 1 unspecified atom stereocenters. The summed E-state index contributed by atoms with van der Waals surface area (Å²) in [5, 5.41) is 3.18. The maximum atomic E-state index is 5.96. The van der Waals surface area contributed by atoms with Gasteiger partial charge in [0, 0.05) is 24.3 Å². The van der Waals surface area contributed by atoms with Gasteiger partial charge in [-0.3, -0.25) is 0 Å². The minimum Gasteiger partial charge on any atom is -0.476 e. The van der Waals surface area contributed by atoms with Crippen molar-refractivity contribution in [2.45, 2.75) is 45.2 Å². The lowest BCUT2D eigenvalue weighted by Crippen LogP contribution is -2.40. The summed E-state index contributed by atoms with van der Waals surface area (Å²) in [5.41, 5.74) is 2.34. The van der Waals surface area contributed by atoms with E-state index < -0.39 is 0 Å². The maximum Gasteiger partial charge on any atom is 0.213 e. The number of ether oxygens (including phenoxy) is 1. The van der Waals surface area contributed by atoms with Gasteiger partial charge in [0.1, 0.15) is 6.61 Å². The Labute approximate surface area is 122 Å². The Hall–Kier alpha value is -1.13. The van der Waals surface area contributed by atoms with Crippen molar-refractivity contribution >= 4 is 0 Å². The molecule has 0 aromatic carbocycles. The van der Waals surface area contributed by atoms with Gasteiger partial charge in [-0.2, -0.15) is 0 Å². The van der Waals surface area contributed by atoms with Crippen LogP contribution in [0.15, 0.2) is 12.1 Å². The summed E-state index contributed by atoms with van der Waals surface area (Å²) >= 11 is 0. The lowest BCUT2D eigenvalue weighted by molar-refractivity contribution is 0.122. The number of nitrogens with one attached hydrogen (secondary N) is 1. The monoisotopic (exact) mass is 277 g/mol. The van der Waals surface area contributed by atoms with Crippen LogP contribution in [0.3, 0.4) is 0 Å². The van der Waals surface area contributed by atoms with Crippen LogP contribution in [0.1, 0.15) is 37.4 Å². The van der Waals surface area contributed by atoms with Crippen molar-refractivity contribution in [3.8, 4) is 5.88 Å². The molecule has 2 heterocycles. The molecule has 1 atom stereocenters. The number of piperidine rings is 1. The van der Waals surface area contributed by atoms with Gasteiger partial charge in [0.2, 0.25) is 5.88 Å². The Morgan fingerprint density at radius 1 is 1.40 bits per heavy atom. The standard InChI is InChI=1S/C16H27N3O/c1-4-14-9-13(11-17-2)10-16(18-14)20-12-15-7-5-6-8-19(15)3/h9-10,15,17H,4-8,11-12H2,1-3H3. The van der Waals surface area contributed by atoms with Crippen LogP contribution in [0.5, 0.6) is 5.88 Å². The zero-order chi connectivity index (χ0) is 14.4. The van der Waals surface area contributed by atoms with E-state index in [1.165, 1.54) is 31.4 Å². The highest BCUT2D eigenvalue weighted by atomic mass is 16.5. The first-order chi connectivity index (χ1) is 9.72. The summed E-state index contributed by atoms with van der Waals surface area (Å²) in [7, 11) is 4.15. The molecule has 0 saturated carbocycles. The molecule has 4 heteroatoms. The van der Waals surface area contributed by atoms with Crippen LogP contribution in [-0.4, -0.2) is 43.2 Å². The van der Waals surface area contributed by atoms with Crippen molar-refractivity contribution in [1.82, 2.24) is 15.2 Å². The van der Waals surface area contributed by atoms with Gasteiger partial charge < -0.3 is 15.0 Å². The normalized spacial score (nSPS) is 20.1. The summed E-state index contributed by atoms with van der Waals surface area (Å²) in [6, 6.07) is 4.73. The van der Waals surface area contributed by atoms with Crippen molar-refractivity contribution in [1.29, 1.82) is 0 Å². The van der Waals surface area contributed by atoms with Gasteiger partial charge in [0.15, 0.2) is 0 Å². The van der Waals surface area contributed by atoms with Crippen LogP contribution in [0.4, 0.5) is 0 Å².